The third-order valence-electron chi connectivity index (χ3n) is 3.63. The first kappa shape index (κ1) is 19.8. The monoisotopic (exact) mass is 376 g/mol. The molecule has 0 unspecified atom stereocenters. The zero-order valence-electron chi connectivity index (χ0n) is 15.4. The molecule has 0 heterocycles. The molecule has 0 saturated heterocycles. The number of sulfonamides is 1. The van der Waals surface area contributed by atoms with Gasteiger partial charge in [0.1, 0.15) is 12.3 Å². The van der Waals surface area contributed by atoms with Crippen LogP contribution in [0.15, 0.2) is 42.5 Å². The molecule has 0 radical (unpaired) electrons. The van der Waals surface area contributed by atoms with E-state index in [4.69, 9.17) is 4.74 Å². The van der Waals surface area contributed by atoms with E-state index in [-0.39, 0.29) is 6.54 Å². The molecule has 0 aromatic heterocycles. The average molecular weight is 376 g/mol. The summed E-state index contributed by atoms with van der Waals surface area (Å²) < 4.78 is 30.8. The summed E-state index contributed by atoms with van der Waals surface area (Å²) in [6.07, 6.45) is 1.09. The van der Waals surface area contributed by atoms with Crippen molar-refractivity contribution < 1.29 is 17.9 Å². The number of anilines is 2. The first-order valence-corrected chi connectivity index (χ1v) is 10.1. The summed E-state index contributed by atoms with van der Waals surface area (Å²) in [5.74, 6) is 0.289. The second kappa shape index (κ2) is 8.23. The molecular weight excluding hydrogens is 352 g/mol. The Morgan fingerprint density at radius 3 is 2.15 bits per heavy atom. The Balaban J connectivity index is 2.16. The second-order valence-electron chi connectivity index (χ2n) is 6.12. The molecule has 7 heteroatoms. The summed E-state index contributed by atoms with van der Waals surface area (Å²) in [6.45, 7) is 5.93. The molecule has 0 spiro atoms. The van der Waals surface area contributed by atoms with Gasteiger partial charge in [0.2, 0.25) is 15.9 Å². The average Bonchev–Trinajstić information content (AvgIpc) is 2.53. The predicted octanol–water partition coefficient (Wildman–Crippen LogP) is 3.11. The van der Waals surface area contributed by atoms with E-state index in [2.05, 4.69) is 5.32 Å². The molecule has 0 fully saturated rings. The minimum atomic E-state index is -3.60. The number of carbonyl (C=O) groups is 1. The Kier molecular flexibility index (Phi) is 6.26. The van der Waals surface area contributed by atoms with E-state index in [9.17, 15) is 13.2 Å². The second-order valence-corrected chi connectivity index (χ2v) is 8.03. The smallest absolute Gasteiger partial charge is 0.245 e. The molecule has 2 rings (SSSR count). The summed E-state index contributed by atoms with van der Waals surface area (Å²) in [4.78, 5) is 12.4. The molecular formula is C19H24N2O4S. The van der Waals surface area contributed by atoms with Gasteiger partial charge < -0.3 is 10.1 Å². The minimum absolute atomic E-state index is 0.297. The maximum Gasteiger partial charge on any atom is 0.245 e. The van der Waals surface area contributed by atoms with Crippen LogP contribution in [0.1, 0.15) is 18.1 Å². The van der Waals surface area contributed by atoms with Gasteiger partial charge in [-0.2, -0.15) is 0 Å². The quantitative estimate of drug-likeness (QED) is 0.806. The topological polar surface area (TPSA) is 75.7 Å². The Morgan fingerprint density at radius 1 is 1.08 bits per heavy atom. The van der Waals surface area contributed by atoms with Crippen molar-refractivity contribution in [3.05, 3.63) is 53.6 Å². The van der Waals surface area contributed by atoms with Crippen LogP contribution in [0.25, 0.3) is 0 Å². The summed E-state index contributed by atoms with van der Waals surface area (Å²) >= 11 is 0. The highest BCUT2D eigenvalue weighted by molar-refractivity contribution is 7.92. The van der Waals surface area contributed by atoms with Crippen LogP contribution in [0.3, 0.4) is 0 Å². The van der Waals surface area contributed by atoms with Gasteiger partial charge in [0.05, 0.1) is 18.6 Å². The van der Waals surface area contributed by atoms with E-state index in [0.29, 0.717) is 23.7 Å². The zero-order valence-corrected chi connectivity index (χ0v) is 16.3. The largest absolute Gasteiger partial charge is 0.494 e. The van der Waals surface area contributed by atoms with E-state index in [1.807, 2.05) is 26.8 Å². The Hall–Kier alpha value is -2.54. The van der Waals surface area contributed by atoms with E-state index in [1.54, 1.807) is 36.4 Å². The molecule has 0 bridgehead atoms. The van der Waals surface area contributed by atoms with Crippen LogP contribution in [0, 0.1) is 13.8 Å². The molecule has 0 saturated carbocycles. The highest BCUT2D eigenvalue weighted by Gasteiger charge is 2.21. The molecule has 0 atom stereocenters. The fraction of sp³-hybridized carbons (Fsp3) is 0.316. The number of amides is 1. The van der Waals surface area contributed by atoms with E-state index in [1.165, 1.54) is 0 Å². The van der Waals surface area contributed by atoms with Gasteiger partial charge in [-0.25, -0.2) is 8.42 Å². The number of aryl methyl sites for hydroxylation is 2. The van der Waals surface area contributed by atoms with Crippen molar-refractivity contribution in [3.8, 4) is 5.75 Å². The van der Waals surface area contributed by atoms with Gasteiger partial charge in [0.15, 0.2) is 0 Å². The van der Waals surface area contributed by atoms with E-state index < -0.39 is 15.9 Å². The maximum atomic E-state index is 12.4. The van der Waals surface area contributed by atoms with Gasteiger partial charge >= 0.3 is 0 Å². The Bertz CT molecular complexity index is 857. The fourth-order valence-corrected chi connectivity index (χ4v) is 3.47. The highest BCUT2D eigenvalue weighted by Crippen LogP contribution is 2.22. The highest BCUT2D eigenvalue weighted by atomic mass is 32.2. The number of ether oxygens (including phenoxy) is 1. The number of nitrogens with one attached hydrogen (secondary N) is 1. The first-order valence-electron chi connectivity index (χ1n) is 8.27. The molecule has 1 amide bonds. The lowest BCUT2D eigenvalue weighted by atomic mass is 10.1. The molecule has 26 heavy (non-hydrogen) atoms. The van der Waals surface area contributed by atoms with Crippen molar-refractivity contribution >= 4 is 27.3 Å². The van der Waals surface area contributed by atoms with Crippen LogP contribution < -0.4 is 14.4 Å². The molecule has 6 nitrogen and oxygen atoms in total. The van der Waals surface area contributed by atoms with Gasteiger partial charge in [-0.15, -0.1) is 0 Å². The van der Waals surface area contributed by atoms with Gasteiger partial charge in [-0.3, -0.25) is 9.10 Å². The van der Waals surface area contributed by atoms with Crippen LogP contribution in [-0.2, 0) is 14.8 Å². The van der Waals surface area contributed by atoms with Crippen molar-refractivity contribution in [3.63, 3.8) is 0 Å². The van der Waals surface area contributed by atoms with Gasteiger partial charge in [-0.05, 0) is 68.3 Å². The van der Waals surface area contributed by atoms with Crippen LogP contribution in [-0.4, -0.2) is 33.7 Å². The molecule has 0 aliphatic rings. The lowest BCUT2D eigenvalue weighted by molar-refractivity contribution is -0.114. The lowest BCUT2D eigenvalue weighted by Gasteiger charge is -2.23. The van der Waals surface area contributed by atoms with Crippen molar-refractivity contribution in [2.24, 2.45) is 0 Å². The molecule has 2 aromatic rings. The summed E-state index contributed by atoms with van der Waals surface area (Å²) in [5.41, 5.74) is 2.92. The van der Waals surface area contributed by atoms with Crippen LogP contribution >= 0.6 is 0 Å². The SMILES string of the molecule is CCOc1ccc(NC(=O)CN(c2cc(C)cc(C)c2)S(C)(=O)=O)cc1. The number of benzene rings is 2. The third-order valence-corrected chi connectivity index (χ3v) is 4.77. The number of hydrogen-bond donors (Lipinski definition) is 1. The molecule has 140 valence electrons. The fourth-order valence-electron chi connectivity index (χ4n) is 2.63. The summed E-state index contributed by atoms with van der Waals surface area (Å²) in [7, 11) is -3.60. The predicted molar refractivity (Wildman–Crippen MR) is 104 cm³/mol. The molecule has 0 aliphatic heterocycles. The Labute approximate surface area is 154 Å². The summed E-state index contributed by atoms with van der Waals surface area (Å²) in [5, 5.41) is 2.71. The number of nitrogens with zero attached hydrogens (tertiary/aromatic N) is 1. The van der Waals surface area contributed by atoms with Crippen LogP contribution in [0.5, 0.6) is 5.75 Å². The zero-order chi connectivity index (χ0) is 19.3. The Morgan fingerprint density at radius 2 is 1.65 bits per heavy atom. The number of hydrogen-bond acceptors (Lipinski definition) is 4. The van der Waals surface area contributed by atoms with Gasteiger partial charge in [0.25, 0.3) is 0 Å². The van der Waals surface area contributed by atoms with Crippen molar-refractivity contribution in [1.82, 2.24) is 0 Å². The van der Waals surface area contributed by atoms with Crippen molar-refractivity contribution in [1.29, 1.82) is 0 Å². The van der Waals surface area contributed by atoms with E-state index >= 15 is 0 Å². The molecule has 2 aromatic carbocycles. The first-order chi connectivity index (χ1) is 12.2. The molecule has 1 N–H and O–H groups in total. The van der Waals surface area contributed by atoms with Crippen molar-refractivity contribution in [2.45, 2.75) is 20.8 Å². The lowest BCUT2D eigenvalue weighted by Crippen LogP contribution is -2.37. The van der Waals surface area contributed by atoms with Crippen LogP contribution in [0.2, 0.25) is 0 Å². The maximum absolute atomic E-state index is 12.4. The summed E-state index contributed by atoms with van der Waals surface area (Å²) in [6, 6.07) is 12.4. The third kappa shape index (κ3) is 5.49. The van der Waals surface area contributed by atoms with Gasteiger partial charge in [0, 0.05) is 5.69 Å². The van der Waals surface area contributed by atoms with Gasteiger partial charge in [-0.1, -0.05) is 6.07 Å². The molecule has 0 aliphatic carbocycles. The minimum Gasteiger partial charge on any atom is -0.494 e. The normalized spacial score (nSPS) is 11.1. The van der Waals surface area contributed by atoms with Crippen molar-refractivity contribution in [2.75, 3.05) is 29.0 Å². The van der Waals surface area contributed by atoms with E-state index in [0.717, 1.165) is 21.7 Å². The standard InChI is InChI=1S/C19H24N2O4S/c1-5-25-18-8-6-16(7-9-18)20-19(22)13-21(26(4,23)24)17-11-14(2)10-15(3)12-17/h6-12H,5,13H2,1-4H3,(H,20,22). The number of carbonyl (C=O) groups excluding carboxylic acids is 1. The van der Waals surface area contributed by atoms with Crippen LogP contribution in [0.4, 0.5) is 11.4 Å². The number of rotatable bonds is 7.